The lowest BCUT2D eigenvalue weighted by Crippen LogP contribution is -2.43. The maximum absolute atomic E-state index is 10.5. The lowest BCUT2D eigenvalue weighted by atomic mass is 9.80. The van der Waals surface area contributed by atoms with Crippen molar-refractivity contribution in [2.45, 2.75) is 45.3 Å². The molecule has 178 valence electrons. The Kier molecular flexibility index (Phi) is 5.87. The van der Waals surface area contributed by atoms with Gasteiger partial charge in [-0.15, -0.1) is 10.2 Å². The number of aliphatic hydroxyl groups is 1. The van der Waals surface area contributed by atoms with E-state index in [1.807, 2.05) is 54.9 Å². The summed E-state index contributed by atoms with van der Waals surface area (Å²) in [5.74, 6) is 2.36. The van der Waals surface area contributed by atoms with Crippen LogP contribution in [0.25, 0.3) is 17.5 Å². The lowest BCUT2D eigenvalue weighted by molar-refractivity contribution is -0.0202. The first-order chi connectivity index (χ1) is 16.4. The highest BCUT2D eigenvalue weighted by molar-refractivity contribution is 5.68. The zero-order valence-electron chi connectivity index (χ0n) is 19.9. The van der Waals surface area contributed by atoms with Crippen LogP contribution in [0.15, 0.2) is 36.8 Å². The summed E-state index contributed by atoms with van der Waals surface area (Å²) in [4.78, 5) is 4.73. The van der Waals surface area contributed by atoms with E-state index in [0.29, 0.717) is 19.7 Å². The number of aromatic nitrogens is 4. The quantitative estimate of drug-likeness (QED) is 0.467. The lowest BCUT2D eigenvalue weighted by Gasteiger charge is -2.37. The summed E-state index contributed by atoms with van der Waals surface area (Å²) in [6.07, 6.45) is 8.55. The Bertz CT molecular complexity index is 1220. The minimum Gasteiger partial charge on any atom is -0.492 e. The molecule has 0 unspecified atom stereocenters. The second kappa shape index (κ2) is 8.98. The molecular weight excluding hydrogens is 430 g/mol. The molecule has 9 heteroatoms. The van der Waals surface area contributed by atoms with E-state index in [1.165, 1.54) is 0 Å². The maximum atomic E-state index is 10.5. The van der Waals surface area contributed by atoms with Gasteiger partial charge < -0.3 is 19.7 Å². The van der Waals surface area contributed by atoms with E-state index in [1.54, 1.807) is 6.33 Å². The van der Waals surface area contributed by atoms with Gasteiger partial charge in [-0.2, -0.15) is 0 Å². The van der Waals surface area contributed by atoms with Crippen molar-refractivity contribution in [3.8, 4) is 17.1 Å². The Hall–Kier alpha value is -3.59. The highest BCUT2D eigenvalue weighted by Gasteiger charge is 2.34. The number of anilines is 2. The molecule has 1 fully saturated rings. The summed E-state index contributed by atoms with van der Waals surface area (Å²) in [6.45, 7) is 5.66. The maximum Gasteiger partial charge on any atom is 0.163 e. The molecular formula is C25H31N7O2. The number of benzene rings is 1. The minimum atomic E-state index is -0.613. The van der Waals surface area contributed by atoms with Crippen LogP contribution in [0.5, 0.6) is 5.75 Å². The second-order valence-electron chi connectivity index (χ2n) is 9.08. The number of fused-ring (bicyclic) bond motifs is 1. The van der Waals surface area contributed by atoms with Crippen LogP contribution in [-0.2, 0) is 13.6 Å². The van der Waals surface area contributed by atoms with Crippen molar-refractivity contribution in [3.05, 3.63) is 53.6 Å². The van der Waals surface area contributed by atoms with Gasteiger partial charge in [0, 0.05) is 36.6 Å². The molecule has 0 spiro atoms. The minimum absolute atomic E-state index is 0.519. The van der Waals surface area contributed by atoms with Crippen LogP contribution in [0.4, 0.5) is 11.5 Å². The molecule has 2 aromatic heterocycles. The van der Waals surface area contributed by atoms with Crippen LogP contribution < -0.4 is 15.5 Å². The van der Waals surface area contributed by atoms with Crippen molar-refractivity contribution in [1.29, 1.82) is 0 Å². The summed E-state index contributed by atoms with van der Waals surface area (Å²) in [6, 6.07) is 8.08. The van der Waals surface area contributed by atoms with Crippen LogP contribution in [0, 0.1) is 6.92 Å². The fourth-order valence-electron chi connectivity index (χ4n) is 4.39. The first kappa shape index (κ1) is 22.2. The molecule has 9 nitrogen and oxygen atoms in total. The van der Waals surface area contributed by atoms with Gasteiger partial charge in [-0.1, -0.05) is 0 Å². The number of ether oxygens (including phenoxy) is 1. The number of nitrogens with one attached hydrogen (secondary N) is 2. The fourth-order valence-corrected chi connectivity index (χ4v) is 4.39. The molecule has 3 heterocycles. The molecule has 1 saturated carbocycles. The van der Waals surface area contributed by atoms with Gasteiger partial charge in [-0.3, -0.25) is 10.4 Å². The van der Waals surface area contributed by atoms with Gasteiger partial charge >= 0.3 is 0 Å². The smallest absolute Gasteiger partial charge is 0.163 e. The molecule has 0 bridgehead atoms. The predicted octanol–water partition coefficient (Wildman–Crippen LogP) is 3.72. The Balaban J connectivity index is 1.37. The van der Waals surface area contributed by atoms with E-state index in [0.717, 1.165) is 64.7 Å². The Labute approximate surface area is 199 Å². The Morgan fingerprint density at radius 1 is 1.24 bits per heavy atom. The van der Waals surface area contributed by atoms with Gasteiger partial charge in [0.05, 0.1) is 24.4 Å². The average molecular weight is 462 g/mol. The number of pyridine rings is 1. The third-order valence-electron chi connectivity index (χ3n) is 6.43. The van der Waals surface area contributed by atoms with Crippen LogP contribution >= 0.6 is 0 Å². The molecule has 5 rings (SSSR count). The van der Waals surface area contributed by atoms with Gasteiger partial charge in [0.2, 0.25) is 0 Å². The average Bonchev–Trinajstić information content (AvgIpc) is 3.23. The molecule has 0 radical (unpaired) electrons. The third-order valence-corrected chi connectivity index (χ3v) is 6.43. The molecule has 1 aliphatic heterocycles. The van der Waals surface area contributed by atoms with Crippen molar-refractivity contribution in [2.24, 2.45) is 7.05 Å². The van der Waals surface area contributed by atoms with Crippen molar-refractivity contribution in [1.82, 2.24) is 24.8 Å². The summed E-state index contributed by atoms with van der Waals surface area (Å²) in [5, 5.41) is 24.1. The van der Waals surface area contributed by atoms with Gasteiger partial charge in [0.15, 0.2) is 5.82 Å². The normalized spacial score (nSPS) is 16.1. The van der Waals surface area contributed by atoms with E-state index in [4.69, 9.17) is 9.72 Å². The first-order valence-corrected chi connectivity index (χ1v) is 11.7. The molecule has 1 aromatic carbocycles. The molecule has 2 aliphatic rings. The Morgan fingerprint density at radius 3 is 2.79 bits per heavy atom. The van der Waals surface area contributed by atoms with Gasteiger partial charge in [-0.25, -0.2) is 4.98 Å². The predicted molar refractivity (Wildman–Crippen MR) is 132 cm³/mol. The molecule has 34 heavy (non-hydrogen) atoms. The highest BCUT2D eigenvalue weighted by atomic mass is 16.5. The topological polar surface area (TPSA) is 100 Å². The largest absolute Gasteiger partial charge is 0.492 e. The van der Waals surface area contributed by atoms with E-state index in [2.05, 4.69) is 33.1 Å². The molecule has 0 amide bonds. The van der Waals surface area contributed by atoms with Crippen molar-refractivity contribution in [2.75, 3.05) is 23.9 Å². The number of hydrazine groups is 1. The van der Waals surface area contributed by atoms with Crippen LogP contribution in [-0.4, -0.2) is 48.6 Å². The standard InChI is InChI=1S/C25H31N7O2/c1-4-34-22-13-19(24-29-27-16-31(24)3)6-7-21(22)30-32-11-8-18-12-17(2)28-23(20(18)14-32)26-15-25(33)9-5-10-25/h6-8,11-13,16,30,33H,4-5,9-10,14-15H2,1-3H3,(H,26,28). The molecule has 1 aliphatic carbocycles. The van der Waals surface area contributed by atoms with E-state index in [-0.39, 0.29) is 0 Å². The Morgan fingerprint density at radius 2 is 2.09 bits per heavy atom. The molecule has 3 aromatic rings. The van der Waals surface area contributed by atoms with Crippen LogP contribution in [0.1, 0.15) is 43.0 Å². The summed E-state index contributed by atoms with van der Waals surface area (Å²) in [5.41, 5.74) is 7.84. The van der Waals surface area contributed by atoms with Crippen molar-refractivity contribution < 1.29 is 9.84 Å². The highest BCUT2D eigenvalue weighted by Crippen LogP contribution is 2.34. The number of aryl methyl sites for hydroxylation is 2. The summed E-state index contributed by atoms with van der Waals surface area (Å²) < 4.78 is 7.82. The number of hydrogen-bond donors (Lipinski definition) is 3. The zero-order valence-corrected chi connectivity index (χ0v) is 19.9. The molecule has 0 atom stereocenters. The van der Waals surface area contributed by atoms with E-state index < -0.39 is 5.60 Å². The van der Waals surface area contributed by atoms with Gasteiger partial charge in [0.1, 0.15) is 17.9 Å². The number of hydrogen-bond acceptors (Lipinski definition) is 8. The van der Waals surface area contributed by atoms with Gasteiger partial charge in [0.25, 0.3) is 0 Å². The van der Waals surface area contributed by atoms with Gasteiger partial charge in [-0.05, 0) is 69.0 Å². The van der Waals surface area contributed by atoms with E-state index >= 15 is 0 Å². The molecule has 0 saturated heterocycles. The SMILES string of the molecule is CCOc1cc(-c2nncn2C)ccc1NN1C=Cc2cc(C)nc(NCC3(O)CCC3)c2C1. The first-order valence-electron chi connectivity index (χ1n) is 11.7. The second-order valence-corrected chi connectivity index (χ2v) is 9.08. The third kappa shape index (κ3) is 4.43. The van der Waals surface area contributed by atoms with Crippen molar-refractivity contribution in [3.63, 3.8) is 0 Å². The van der Waals surface area contributed by atoms with Crippen molar-refractivity contribution >= 4 is 17.6 Å². The fraction of sp³-hybridized carbons (Fsp3) is 0.400. The number of rotatable bonds is 8. The van der Waals surface area contributed by atoms with Crippen LogP contribution in [0.3, 0.4) is 0 Å². The summed E-state index contributed by atoms with van der Waals surface area (Å²) >= 11 is 0. The van der Waals surface area contributed by atoms with E-state index in [9.17, 15) is 5.11 Å². The molecule has 3 N–H and O–H groups in total. The summed E-state index contributed by atoms with van der Waals surface area (Å²) in [7, 11) is 1.92. The van der Waals surface area contributed by atoms with Crippen LogP contribution in [0.2, 0.25) is 0 Å². The number of nitrogens with zero attached hydrogens (tertiary/aromatic N) is 5. The monoisotopic (exact) mass is 461 g/mol. The zero-order chi connectivity index (χ0) is 23.7.